The molecular weight excluding hydrogens is 364 g/mol. The zero-order valence-electron chi connectivity index (χ0n) is 16.8. The highest BCUT2D eigenvalue weighted by Crippen LogP contribution is 2.37. The van der Waals surface area contributed by atoms with E-state index in [-0.39, 0.29) is 5.56 Å². The molecule has 0 saturated heterocycles. The van der Waals surface area contributed by atoms with Gasteiger partial charge in [-0.15, -0.1) is 0 Å². The molecule has 0 aliphatic heterocycles. The van der Waals surface area contributed by atoms with Crippen LogP contribution in [0.15, 0.2) is 41.6 Å². The number of fused-ring (bicyclic) bond motifs is 1. The zero-order chi connectivity index (χ0) is 20.0. The van der Waals surface area contributed by atoms with E-state index in [1.54, 1.807) is 12.4 Å². The summed E-state index contributed by atoms with van der Waals surface area (Å²) >= 11 is 0. The van der Waals surface area contributed by atoms with Crippen molar-refractivity contribution in [2.24, 2.45) is 0 Å². The molecule has 1 aromatic carbocycles. The van der Waals surface area contributed by atoms with Gasteiger partial charge in [-0.3, -0.25) is 4.79 Å². The highest BCUT2D eigenvalue weighted by molar-refractivity contribution is 5.43. The summed E-state index contributed by atoms with van der Waals surface area (Å²) in [6, 6.07) is 6.34. The fourth-order valence-corrected chi connectivity index (χ4v) is 4.12. The van der Waals surface area contributed by atoms with Crippen LogP contribution in [0.25, 0.3) is 5.95 Å². The van der Waals surface area contributed by atoms with Crippen molar-refractivity contribution in [2.75, 3.05) is 0 Å². The lowest BCUT2D eigenvalue weighted by Crippen LogP contribution is -2.30. The third-order valence-corrected chi connectivity index (χ3v) is 5.92. The van der Waals surface area contributed by atoms with Gasteiger partial charge in [0.1, 0.15) is 5.75 Å². The highest BCUT2D eigenvalue weighted by atomic mass is 16.5. The van der Waals surface area contributed by atoms with E-state index in [1.807, 2.05) is 13.1 Å². The standard InChI is InChI=1S/C23H24N4O2/c1-14-11-24-23(25-12-14)27-22(28)20-9-6-16(10-17(20)13-26-27)19-4-3-5-21(15(19)2)29-18-7-8-18/h3-5,11-13,16,18H,6-10H2,1-2H3/t16-/m1/s1. The molecule has 0 radical (unpaired) electrons. The molecule has 6 heteroatoms. The van der Waals surface area contributed by atoms with Crippen LogP contribution >= 0.6 is 0 Å². The molecule has 1 saturated carbocycles. The second kappa shape index (κ2) is 7.10. The van der Waals surface area contributed by atoms with Gasteiger partial charge in [0.2, 0.25) is 0 Å². The summed E-state index contributed by atoms with van der Waals surface area (Å²) in [6.45, 7) is 4.06. The van der Waals surface area contributed by atoms with Gasteiger partial charge in [0.15, 0.2) is 0 Å². The van der Waals surface area contributed by atoms with Crippen molar-refractivity contribution < 1.29 is 4.74 Å². The van der Waals surface area contributed by atoms with E-state index in [1.165, 1.54) is 15.8 Å². The maximum atomic E-state index is 13.0. The van der Waals surface area contributed by atoms with Crippen LogP contribution in [0.2, 0.25) is 0 Å². The van der Waals surface area contributed by atoms with Crippen LogP contribution in [0, 0.1) is 13.8 Å². The Morgan fingerprint density at radius 2 is 1.86 bits per heavy atom. The predicted molar refractivity (Wildman–Crippen MR) is 110 cm³/mol. The number of ether oxygens (including phenoxy) is 1. The summed E-state index contributed by atoms with van der Waals surface area (Å²) in [7, 11) is 0. The number of rotatable bonds is 4. The Hall–Kier alpha value is -3.02. The van der Waals surface area contributed by atoms with Crippen LogP contribution in [0.4, 0.5) is 0 Å². The van der Waals surface area contributed by atoms with Crippen molar-refractivity contribution in [3.05, 3.63) is 75.0 Å². The van der Waals surface area contributed by atoms with E-state index in [4.69, 9.17) is 4.74 Å². The Kier molecular flexibility index (Phi) is 4.42. The van der Waals surface area contributed by atoms with E-state index >= 15 is 0 Å². The zero-order valence-corrected chi connectivity index (χ0v) is 16.8. The molecule has 0 bridgehead atoms. The van der Waals surface area contributed by atoms with Crippen molar-refractivity contribution >= 4 is 0 Å². The first kappa shape index (κ1) is 18.0. The summed E-state index contributed by atoms with van der Waals surface area (Å²) in [6.07, 6.45) is 10.4. The molecular formula is C23H24N4O2. The summed E-state index contributed by atoms with van der Waals surface area (Å²) in [4.78, 5) is 21.5. The molecule has 3 aromatic rings. The fraction of sp³-hybridized carbons (Fsp3) is 0.391. The van der Waals surface area contributed by atoms with Gasteiger partial charge in [0.05, 0.1) is 12.3 Å². The number of hydrogen-bond donors (Lipinski definition) is 0. The molecule has 148 valence electrons. The Bertz CT molecular complexity index is 1120. The molecule has 0 N–H and O–H groups in total. The van der Waals surface area contributed by atoms with E-state index in [9.17, 15) is 4.79 Å². The lowest BCUT2D eigenvalue weighted by Gasteiger charge is -2.26. The molecule has 1 atom stereocenters. The lowest BCUT2D eigenvalue weighted by molar-refractivity contribution is 0.300. The molecule has 1 fully saturated rings. The van der Waals surface area contributed by atoms with Gasteiger partial charge in [0, 0.05) is 18.0 Å². The second-order valence-corrected chi connectivity index (χ2v) is 8.15. The lowest BCUT2D eigenvalue weighted by atomic mass is 9.79. The monoisotopic (exact) mass is 388 g/mol. The van der Waals surface area contributed by atoms with Gasteiger partial charge in [-0.1, -0.05) is 12.1 Å². The molecule has 2 aromatic heterocycles. The molecule has 0 unspecified atom stereocenters. The topological polar surface area (TPSA) is 69.9 Å². The number of nitrogens with zero attached hydrogens (tertiary/aromatic N) is 4. The number of aromatic nitrogens is 4. The van der Waals surface area contributed by atoms with Crippen molar-refractivity contribution in [3.63, 3.8) is 0 Å². The summed E-state index contributed by atoms with van der Waals surface area (Å²) in [5, 5.41) is 4.36. The van der Waals surface area contributed by atoms with Crippen molar-refractivity contribution in [1.82, 2.24) is 19.7 Å². The summed E-state index contributed by atoms with van der Waals surface area (Å²) in [5.74, 6) is 1.70. The van der Waals surface area contributed by atoms with Gasteiger partial charge in [-0.25, -0.2) is 9.97 Å². The minimum atomic E-state index is -0.104. The molecule has 2 aliphatic rings. The van der Waals surface area contributed by atoms with Crippen LogP contribution in [0.3, 0.4) is 0 Å². The third-order valence-electron chi connectivity index (χ3n) is 5.92. The normalized spacial score (nSPS) is 18.3. The fourth-order valence-electron chi connectivity index (χ4n) is 4.12. The van der Waals surface area contributed by atoms with Crippen molar-refractivity contribution in [2.45, 2.75) is 58.0 Å². The van der Waals surface area contributed by atoms with E-state index in [0.717, 1.165) is 54.5 Å². The van der Waals surface area contributed by atoms with Gasteiger partial charge >= 0.3 is 0 Å². The van der Waals surface area contributed by atoms with E-state index < -0.39 is 0 Å². The number of aryl methyl sites for hydroxylation is 1. The average molecular weight is 388 g/mol. The van der Waals surface area contributed by atoms with E-state index in [0.29, 0.717) is 18.0 Å². The SMILES string of the molecule is Cc1cnc(-n2ncc3c(c2=O)CC[C@@H](c2cccc(OC4CC4)c2C)C3)nc1. The van der Waals surface area contributed by atoms with Crippen LogP contribution in [-0.4, -0.2) is 25.9 Å². The molecule has 6 nitrogen and oxygen atoms in total. The van der Waals surface area contributed by atoms with Crippen LogP contribution in [0.1, 0.15) is 53.0 Å². The maximum absolute atomic E-state index is 13.0. The Labute approximate surface area is 169 Å². The first-order valence-electron chi connectivity index (χ1n) is 10.3. The Morgan fingerprint density at radius 3 is 2.62 bits per heavy atom. The summed E-state index contributed by atoms with van der Waals surface area (Å²) < 4.78 is 7.38. The number of benzene rings is 1. The Balaban J connectivity index is 1.44. The van der Waals surface area contributed by atoms with Crippen LogP contribution in [0.5, 0.6) is 5.75 Å². The summed E-state index contributed by atoms with van der Waals surface area (Å²) in [5.41, 5.74) is 5.26. The Morgan fingerprint density at radius 1 is 1.07 bits per heavy atom. The third kappa shape index (κ3) is 3.43. The molecule has 29 heavy (non-hydrogen) atoms. The molecule has 2 aliphatic carbocycles. The average Bonchev–Trinajstić information content (AvgIpc) is 3.55. The maximum Gasteiger partial charge on any atom is 0.277 e. The van der Waals surface area contributed by atoms with Crippen molar-refractivity contribution in [3.8, 4) is 11.7 Å². The van der Waals surface area contributed by atoms with Gasteiger partial charge in [-0.2, -0.15) is 9.78 Å². The molecule has 0 amide bonds. The quantitative estimate of drug-likeness (QED) is 0.685. The first-order chi connectivity index (χ1) is 14.1. The van der Waals surface area contributed by atoms with Crippen LogP contribution in [-0.2, 0) is 12.8 Å². The highest BCUT2D eigenvalue weighted by Gasteiger charge is 2.28. The van der Waals surface area contributed by atoms with Gasteiger partial charge < -0.3 is 4.74 Å². The molecule has 5 rings (SSSR count). The second-order valence-electron chi connectivity index (χ2n) is 8.15. The smallest absolute Gasteiger partial charge is 0.277 e. The number of hydrogen-bond acceptors (Lipinski definition) is 5. The largest absolute Gasteiger partial charge is 0.490 e. The van der Waals surface area contributed by atoms with E-state index in [2.05, 4.69) is 40.2 Å². The minimum absolute atomic E-state index is 0.104. The van der Waals surface area contributed by atoms with Gasteiger partial charge in [0.25, 0.3) is 11.5 Å². The molecule has 0 spiro atoms. The first-order valence-corrected chi connectivity index (χ1v) is 10.3. The van der Waals surface area contributed by atoms with Gasteiger partial charge in [-0.05, 0) is 80.2 Å². The van der Waals surface area contributed by atoms with Crippen LogP contribution < -0.4 is 10.3 Å². The molecule has 2 heterocycles. The predicted octanol–water partition coefficient (Wildman–Crippen LogP) is 3.45. The van der Waals surface area contributed by atoms with Crippen molar-refractivity contribution in [1.29, 1.82) is 0 Å². The minimum Gasteiger partial charge on any atom is -0.490 e.